The van der Waals surface area contributed by atoms with Gasteiger partial charge in [-0.3, -0.25) is 19.1 Å². The molecule has 2 aromatic rings. The summed E-state index contributed by atoms with van der Waals surface area (Å²) >= 11 is 6.84. The zero-order valence-corrected chi connectivity index (χ0v) is 22.1. The van der Waals surface area contributed by atoms with Crippen molar-refractivity contribution >= 4 is 46.1 Å². The number of thioether (sulfide) groups is 1. The predicted molar refractivity (Wildman–Crippen MR) is 143 cm³/mol. The Bertz CT molecular complexity index is 1300. The number of rotatable bonds is 4. The third kappa shape index (κ3) is 4.66. The van der Waals surface area contributed by atoms with Gasteiger partial charge in [-0.1, -0.05) is 54.3 Å². The number of carbonyl (C=O) groups excluding carboxylic acids is 1. The Morgan fingerprint density at radius 2 is 1.83 bits per heavy atom. The fourth-order valence-corrected chi connectivity index (χ4v) is 6.17. The second-order valence-electron chi connectivity index (χ2n) is 9.01. The Balaban J connectivity index is 1.82. The highest BCUT2D eigenvalue weighted by Crippen LogP contribution is 2.39. The van der Waals surface area contributed by atoms with E-state index in [1.165, 1.54) is 16.3 Å². The van der Waals surface area contributed by atoms with E-state index in [1.807, 2.05) is 51.1 Å². The average molecular weight is 509 g/mol. The zero-order chi connectivity index (χ0) is 25.4. The topological polar surface area (TPSA) is 78.6 Å². The van der Waals surface area contributed by atoms with Gasteiger partial charge in [0.2, 0.25) is 0 Å². The van der Waals surface area contributed by atoms with Gasteiger partial charge < -0.3 is 9.64 Å². The molecule has 2 fully saturated rings. The van der Waals surface area contributed by atoms with Crippen molar-refractivity contribution in [3.05, 3.63) is 67.8 Å². The Morgan fingerprint density at radius 3 is 2.43 bits per heavy atom. The predicted octanol–water partition coefficient (Wildman–Crippen LogP) is 4.14. The number of amides is 1. The van der Waals surface area contributed by atoms with Gasteiger partial charge in [0.15, 0.2) is 0 Å². The molecular formula is C26H28N4O3S2. The van der Waals surface area contributed by atoms with Crippen LogP contribution in [0.25, 0.3) is 6.08 Å². The number of ether oxygens (including phenoxy) is 1. The lowest BCUT2D eigenvalue weighted by Gasteiger charge is -2.38. The van der Waals surface area contributed by atoms with E-state index in [0.29, 0.717) is 39.3 Å². The molecule has 3 unspecified atom stereocenters. The fraction of sp³-hybridized carbons (Fsp3) is 0.385. The highest BCUT2D eigenvalue weighted by Gasteiger charge is 2.37. The normalized spacial score (nSPS) is 22.6. The van der Waals surface area contributed by atoms with E-state index in [-0.39, 0.29) is 35.3 Å². The van der Waals surface area contributed by atoms with Gasteiger partial charge in [-0.15, -0.1) is 0 Å². The average Bonchev–Trinajstić information content (AvgIpc) is 3.10. The Labute approximate surface area is 215 Å². The molecular weight excluding hydrogens is 480 g/mol. The van der Waals surface area contributed by atoms with Gasteiger partial charge in [-0.25, -0.2) is 0 Å². The molecule has 3 atom stereocenters. The first kappa shape index (κ1) is 25.2. The van der Waals surface area contributed by atoms with Crippen LogP contribution in [-0.2, 0) is 16.6 Å². The van der Waals surface area contributed by atoms with Gasteiger partial charge in [-0.05, 0) is 44.9 Å². The number of anilines is 1. The van der Waals surface area contributed by atoms with Crippen LogP contribution in [0.15, 0.2) is 40.0 Å². The molecule has 7 nitrogen and oxygen atoms in total. The van der Waals surface area contributed by atoms with E-state index in [2.05, 4.69) is 11.0 Å². The Morgan fingerprint density at radius 1 is 1.20 bits per heavy atom. The molecule has 0 N–H and O–H groups in total. The van der Waals surface area contributed by atoms with Crippen molar-refractivity contribution in [2.45, 2.75) is 45.9 Å². The lowest BCUT2D eigenvalue weighted by Crippen LogP contribution is -2.47. The molecule has 3 heterocycles. The first-order chi connectivity index (χ1) is 16.6. The minimum atomic E-state index is -0.353. The monoisotopic (exact) mass is 508 g/mol. The maximum Gasteiger partial charge on any atom is 0.270 e. The van der Waals surface area contributed by atoms with Crippen LogP contribution in [0.1, 0.15) is 49.1 Å². The van der Waals surface area contributed by atoms with Gasteiger partial charge in [-0.2, -0.15) is 5.26 Å². The van der Waals surface area contributed by atoms with Crippen LogP contribution in [0.2, 0.25) is 0 Å². The second kappa shape index (κ2) is 9.97. The molecule has 0 saturated carbocycles. The van der Waals surface area contributed by atoms with Crippen molar-refractivity contribution in [2.24, 2.45) is 7.05 Å². The van der Waals surface area contributed by atoms with Crippen LogP contribution in [0.5, 0.6) is 0 Å². The number of nitrogens with zero attached hydrogens (tertiary/aromatic N) is 4. The summed E-state index contributed by atoms with van der Waals surface area (Å²) < 4.78 is 7.88. The number of carbonyl (C=O) groups is 1. The maximum atomic E-state index is 13.5. The third-order valence-corrected chi connectivity index (χ3v) is 7.79. The van der Waals surface area contributed by atoms with Crippen LogP contribution >= 0.6 is 24.0 Å². The number of benzene rings is 1. The molecule has 0 aliphatic carbocycles. The SMILES string of the molecule is Cc1c(C=C2SC(=S)N(C(C)c3ccccc3)C2=O)c(N2CC(C)OC(C)C2)n(C)c(=O)c1C#N. The summed E-state index contributed by atoms with van der Waals surface area (Å²) in [5.74, 6) is 0.493. The number of aromatic nitrogens is 1. The number of thiocarbonyl (C=S) groups is 1. The minimum absolute atomic E-state index is 0.0254. The number of morpholine rings is 1. The number of hydrogen-bond acceptors (Lipinski definition) is 7. The van der Waals surface area contributed by atoms with Gasteiger partial charge in [0, 0.05) is 25.7 Å². The van der Waals surface area contributed by atoms with Gasteiger partial charge in [0.25, 0.3) is 11.5 Å². The number of nitriles is 1. The number of pyridine rings is 1. The summed E-state index contributed by atoms with van der Waals surface area (Å²) in [4.78, 5) is 30.7. The van der Waals surface area contributed by atoms with E-state index >= 15 is 0 Å². The highest BCUT2D eigenvalue weighted by atomic mass is 32.2. The van der Waals surface area contributed by atoms with E-state index < -0.39 is 0 Å². The molecule has 2 saturated heterocycles. The molecule has 182 valence electrons. The van der Waals surface area contributed by atoms with Crippen LogP contribution in [-0.4, -0.2) is 45.0 Å². The van der Waals surface area contributed by atoms with Crippen molar-refractivity contribution in [1.82, 2.24) is 9.47 Å². The lowest BCUT2D eigenvalue weighted by molar-refractivity contribution is -0.123. The Kier molecular flexibility index (Phi) is 7.17. The summed E-state index contributed by atoms with van der Waals surface area (Å²) in [6.45, 7) is 8.89. The second-order valence-corrected chi connectivity index (χ2v) is 10.7. The minimum Gasteiger partial charge on any atom is -0.372 e. The van der Waals surface area contributed by atoms with Gasteiger partial charge in [0.1, 0.15) is 21.8 Å². The molecule has 1 aromatic heterocycles. The fourth-order valence-electron chi connectivity index (χ4n) is 4.77. The van der Waals surface area contributed by atoms with Crippen LogP contribution in [0.4, 0.5) is 5.82 Å². The van der Waals surface area contributed by atoms with Crippen LogP contribution in [0, 0.1) is 18.3 Å². The molecule has 9 heteroatoms. The number of hydrogen-bond donors (Lipinski definition) is 0. The first-order valence-electron chi connectivity index (χ1n) is 11.5. The van der Waals surface area contributed by atoms with E-state index in [0.717, 1.165) is 5.56 Å². The summed E-state index contributed by atoms with van der Waals surface area (Å²) in [6, 6.07) is 11.6. The quantitative estimate of drug-likeness (QED) is 0.454. The molecule has 2 aliphatic heterocycles. The molecule has 1 aromatic carbocycles. The standard InChI is InChI=1S/C26H28N4O3S2/c1-15-13-29(14-16(2)33-15)23-20(17(3)21(12-27)24(31)28(23)5)11-22-25(32)30(26(34)35-22)18(4)19-9-7-6-8-10-19/h6-11,15-16,18H,13-14H2,1-5H3. The first-order valence-corrected chi connectivity index (χ1v) is 12.7. The Hall–Kier alpha value is -2.93. The smallest absolute Gasteiger partial charge is 0.270 e. The maximum absolute atomic E-state index is 13.5. The van der Waals surface area contributed by atoms with E-state index in [1.54, 1.807) is 24.9 Å². The summed E-state index contributed by atoms with van der Waals surface area (Å²) in [6.07, 6.45) is 1.73. The third-order valence-electron chi connectivity index (χ3n) is 6.46. The largest absolute Gasteiger partial charge is 0.372 e. The molecule has 4 rings (SSSR count). The summed E-state index contributed by atoms with van der Waals surface area (Å²) in [7, 11) is 1.67. The highest BCUT2D eigenvalue weighted by molar-refractivity contribution is 8.26. The molecule has 1 amide bonds. The molecule has 2 aliphatic rings. The van der Waals surface area contributed by atoms with E-state index in [9.17, 15) is 14.9 Å². The van der Waals surface area contributed by atoms with Crippen molar-refractivity contribution < 1.29 is 9.53 Å². The van der Waals surface area contributed by atoms with Crippen molar-refractivity contribution in [3.8, 4) is 6.07 Å². The van der Waals surface area contributed by atoms with Gasteiger partial charge in [0.05, 0.1) is 23.2 Å². The molecule has 0 spiro atoms. The summed E-state index contributed by atoms with van der Waals surface area (Å²) in [5.41, 5.74) is 1.95. The van der Waals surface area contributed by atoms with Crippen LogP contribution < -0.4 is 10.5 Å². The van der Waals surface area contributed by atoms with Crippen molar-refractivity contribution in [1.29, 1.82) is 5.26 Å². The molecule has 0 radical (unpaired) electrons. The molecule has 0 bridgehead atoms. The summed E-state index contributed by atoms with van der Waals surface area (Å²) in [5, 5.41) is 9.71. The molecule has 35 heavy (non-hydrogen) atoms. The van der Waals surface area contributed by atoms with Gasteiger partial charge >= 0.3 is 0 Å². The lowest BCUT2D eigenvalue weighted by atomic mass is 10.0. The van der Waals surface area contributed by atoms with Crippen molar-refractivity contribution in [2.75, 3.05) is 18.0 Å². The zero-order valence-electron chi connectivity index (χ0n) is 20.4. The van der Waals surface area contributed by atoms with Crippen LogP contribution in [0.3, 0.4) is 0 Å². The van der Waals surface area contributed by atoms with E-state index in [4.69, 9.17) is 17.0 Å². The van der Waals surface area contributed by atoms with Crippen molar-refractivity contribution in [3.63, 3.8) is 0 Å².